The van der Waals surface area contributed by atoms with Crippen molar-refractivity contribution < 1.29 is 0 Å². The number of nitrogens with zero attached hydrogens (tertiary/aromatic N) is 3. The van der Waals surface area contributed by atoms with Crippen LogP contribution in [0.15, 0.2) is 0 Å². The van der Waals surface area contributed by atoms with Gasteiger partial charge in [0.1, 0.15) is 11.6 Å². The Bertz CT molecular complexity index is 425. The monoisotopic (exact) mass is 262 g/mol. The standard InChI is InChI=1S/C15H26N4/c1-10(2)9-19-11(3)17-18-15(19)8-12-6-13-4-5-14(7-12)16-13/h10,12-14,16H,4-9H2,1-3H3. The van der Waals surface area contributed by atoms with Crippen molar-refractivity contribution in [2.24, 2.45) is 11.8 Å². The summed E-state index contributed by atoms with van der Waals surface area (Å²) in [6.45, 7) is 7.64. The van der Waals surface area contributed by atoms with Crippen LogP contribution in [0.25, 0.3) is 0 Å². The molecule has 2 unspecified atom stereocenters. The number of hydrogen-bond acceptors (Lipinski definition) is 3. The highest BCUT2D eigenvalue weighted by Crippen LogP contribution is 2.32. The molecule has 4 heteroatoms. The summed E-state index contributed by atoms with van der Waals surface area (Å²) in [5.74, 6) is 3.73. The molecule has 0 spiro atoms. The fourth-order valence-electron chi connectivity index (χ4n) is 3.78. The lowest BCUT2D eigenvalue weighted by Crippen LogP contribution is -2.38. The van der Waals surface area contributed by atoms with E-state index in [1.165, 1.54) is 31.5 Å². The van der Waals surface area contributed by atoms with E-state index >= 15 is 0 Å². The van der Waals surface area contributed by atoms with Crippen molar-refractivity contribution in [1.82, 2.24) is 20.1 Å². The van der Waals surface area contributed by atoms with E-state index in [1.807, 2.05) is 0 Å². The SMILES string of the molecule is Cc1nnc(CC2CC3CCC(C2)N3)n1CC(C)C. The molecule has 0 saturated carbocycles. The molecule has 0 aliphatic carbocycles. The van der Waals surface area contributed by atoms with Gasteiger partial charge in [-0.25, -0.2) is 0 Å². The lowest BCUT2D eigenvalue weighted by molar-refractivity contribution is 0.291. The summed E-state index contributed by atoms with van der Waals surface area (Å²) in [5, 5.41) is 12.4. The van der Waals surface area contributed by atoms with E-state index in [0.717, 1.165) is 36.8 Å². The summed E-state index contributed by atoms with van der Waals surface area (Å²) in [4.78, 5) is 0. The third-order valence-corrected chi connectivity index (χ3v) is 4.60. The summed E-state index contributed by atoms with van der Waals surface area (Å²) in [5.41, 5.74) is 0. The first-order chi connectivity index (χ1) is 9.11. The van der Waals surface area contributed by atoms with Gasteiger partial charge in [-0.1, -0.05) is 13.8 Å². The van der Waals surface area contributed by atoms with Crippen LogP contribution >= 0.6 is 0 Å². The third kappa shape index (κ3) is 2.83. The van der Waals surface area contributed by atoms with Gasteiger partial charge in [-0.2, -0.15) is 0 Å². The minimum atomic E-state index is 0.651. The predicted molar refractivity (Wildman–Crippen MR) is 76.0 cm³/mol. The second kappa shape index (κ2) is 5.23. The average Bonchev–Trinajstić information content (AvgIpc) is 2.85. The van der Waals surface area contributed by atoms with Crippen LogP contribution in [0.1, 0.15) is 51.2 Å². The van der Waals surface area contributed by atoms with E-state index in [4.69, 9.17) is 0 Å². The molecule has 0 amide bonds. The Hall–Kier alpha value is -0.900. The molecular formula is C15H26N4. The number of fused-ring (bicyclic) bond motifs is 2. The van der Waals surface area contributed by atoms with Crippen molar-refractivity contribution in [3.8, 4) is 0 Å². The number of aromatic nitrogens is 3. The quantitative estimate of drug-likeness (QED) is 0.905. The van der Waals surface area contributed by atoms with Crippen LogP contribution in [0.4, 0.5) is 0 Å². The molecule has 19 heavy (non-hydrogen) atoms. The zero-order valence-electron chi connectivity index (χ0n) is 12.4. The summed E-state index contributed by atoms with van der Waals surface area (Å²) in [7, 11) is 0. The highest BCUT2D eigenvalue weighted by molar-refractivity contribution is 5.00. The van der Waals surface area contributed by atoms with Gasteiger partial charge in [-0.15, -0.1) is 10.2 Å². The Morgan fingerprint density at radius 1 is 1.21 bits per heavy atom. The molecule has 1 N–H and O–H groups in total. The second-order valence-electron chi connectivity index (χ2n) is 6.85. The Kier molecular flexibility index (Phi) is 3.61. The average molecular weight is 262 g/mol. The van der Waals surface area contributed by atoms with E-state index in [9.17, 15) is 0 Å². The van der Waals surface area contributed by atoms with Gasteiger partial charge in [0.2, 0.25) is 0 Å². The van der Waals surface area contributed by atoms with E-state index in [0.29, 0.717) is 5.92 Å². The van der Waals surface area contributed by atoms with Crippen molar-refractivity contribution in [3.63, 3.8) is 0 Å². The molecule has 2 saturated heterocycles. The van der Waals surface area contributed by atoms with Crippen molar-refractivity contribution in [2.45, 2.75) is 71.5 Å². The first-order valence-corrected chi connectivity index (χ1v) is 7.76. The van der Waals surface area contributed by atoms with Gasteiger partial charge in [0, 0.05) is 25.0 Å². The maximum Gasteiger partial charge on any atom is 0.133 e. The number of rotatable bonds is 4. The van der Waals surface area contributed by atoms with Crippen LogP contribution in [0, 0.1) is 18.8 Å². The Balaban J connectivity index is 1.69. The second-order valence-corrected chi connectivity index (χ2v) is 6.85. The molecule has 2 atom stereocenters. The lowest BCUT2D eigenvalue weighted by atomic mass is 9.89. The molecule has 3 heterocycles. The van der Waals surface area contributed by atoms with E-state index in [2.05, 4.69) is 40.9 Å². The summed E-state index contributed by atoms with van der Waals surface area (Å²) in [6.07, 6.45) is 6.51. The molecule has 3 rings (SSSR count). The van der Waals surface area contributed by atoms with Crippen molar-refractivity contribution >= 4 is 0 Å². The van der Waals surface area contributed by atoms with Crippen LogP contribution in [-0.2, 0) is 13.0 Å². The van der Waals surface area contributed by atoms with Gasteiger partial charge in [0.15, 0.2) is 0 Å². The van der Waals surface area contributed by atoms with Gasteiger partial charge in [0.05, 0.1) is 0 Å². The van der Waals surface area contributed by atoms with Crippen molar-refractivity contribution in [2.75, 3.05) is 0 Å². The zero-order valence-corrected chi connectivity index (χ0v) is 12.4. The van der Waals surface area contributed by atoms with Crippen LogP contribution in [-0.4, -0.2) is 26.8 Å². The van der Waals surface area contributed by atoms with Crippen molar-refractivity contribution in [3.05, 3.63) is 11.6 Å². The molecule has 1 aromatic rings. The van der Waals surface area contributed by atoms with Crippen LogP contribution in [0.5, 0.6) is 0 Å². The highest BCUT2D eigenvalue weighted by atomic mass is 15.3. The van der Waals surface area contributed by atoms with E-state index in [-0.39, 0.29) is 0 Å². The number of piperidine rings is 1. The minimum absolute atomic E-state index is 0.651. The molecule has 2 bridgehead atoms. The smallest absolute Gasteiger partial charge is 0.133 e. The van der Waals surface area contributed by atoms with Gasteiger partial charge < -0.3 is 9.88 Å². The Morgan fingerprint density at radius 2 is 1.89 bits per heavy atom. The summed E-state index contributed by atoms with van der Waals surface area (Å²) >= 11 is 0. The van der Waals surface area contributed by atoms with Crippen LogP contribution in [0.3, 0.4) is 0 Å². The Morgan fingerprint density at radius 3 is 2.53 bits per heavy atom. The summed E-state index contributed by atoms with van der Waals surface area (Å²) < 4.78 is 2.33. The first-order valence-electron chi connectivity index (χ1n) is 7.76. The van der Waals surface area contributed by atoms with E-state index < -0.39 is 0 Å². The molecule has 4 nitrogen and oxygen atoms in total. The van der Waals surface area contributed by atoms with Crippen molar-refractivity contribution in [1.29, 1.82) is 0 Å². The predicted octanol–water partition coefficient (Wildman–Crippen LogP) is 2.32. The van der Waals surface area contributed by atoms with Gasteiger partial charge in [0.25, 0.3) is 0 Å². The fraction of sp³-hybridized carbons (Fsp3) is 0.867. The topological polar surface area (TPSA) is 42.7 Å². The van der Waals surface area contributed by atoms with Gasteiger partial charge >= 0.3 is 0 Å². The fourth-order valence-corrected chi connectivity index (χ4v) is 3.78. The highest BCUT2D eigenvalue weighted by Gasteiger charge is 2.34. The number of aryl methyl sites for hydroxylation is 1. The largest absolute Gasteiger partial charge is 0.315 e. The first kappa shape index (κ1) is 13.1. The molecular weight excluding hydrogens is 236 g/mol. The van der Waals surface area contributed by atoms with E-state index in [1.54, 1.807) is 0 Å². The third-order valence-electron chi connectivity index (χ3n) is 4.60. The molecule has 2 aliphatic heterocycles. The van der Waals surface area contributed by atoms with Gasteiger partial charge in [-0.3, -0.25) is 0 Å². The summed E-state index contributed by atoms with van der Waals surface area (Å²) in [6, 6.07) is 1.54. The number of nitrogens with one attached hydrogen (secondary N) is 1. The molecule has 0 radical (unpaired) electrons. The maximum atomic E-state index is 4.43. The zero-order chi connectivity index (χ0) is 13.4. The molecule has 0 aromatic carbocycles. The van der Waals surface area contributed by atoms with Gasteiger partial charge in [-0.05, 0) is 44.4 Å². The molecule has 2 aliphatic rings. The maximum absolute atomic E-state index is 4.43. The molecule has 1 aromatic heterocycles. The lowest BCUT2D eigenvalue weighted by Gasteiger charge is -2.29. The number of hydrogen-bond donors (Lipinski definition) is 1. The van der Waals surface area contributed by atoms with Crippen LogP contribution < -0.4 is 5.32 Å². The Labute approximate surface area is 116 Å². The molecule has 2 fully saturated rings. The van der Waals surface area contributed by atoms with Crippen LogP contribution in [0.2, 0.25) is 0 Å². The normalized spacial score (nSPS) is 30.2. The molecule has 106 valence electrons. The minimum Gasteiger partial charge on any atom is -0.315 e.